The first kappa shape index (κ1) is 14.3. The molecule has 1 heterocycles. The van der Waals surface area contributed by atoms with E-state index in [1.165, 1.54) is 12.2 Å². The summed E-state index contributed by atoms with van der Waals surface area (Å²) >= 11 is 1.94. The van der Waals surface area contributed by atoms with Crippen molar-refractivity contribution < 1.29 is 4.74 Å². The molecule has 16 heavy (non-hydrogen) atoms. The predicted molar refractivity (Wildman–Crippen MR) is 72.3 cm³/mol. The predicted octanol–water partition coefficient (Wildman–Crippen LogP) is 1.44. The van der Waals surface area contributed by atoms with E-state index in [1.54, 1.807) is 7.11 Å². The van der Waals surface area contributed by atoms with Gasteiger partial charge in [0.2, 0.25) is 0 Å². The first-order valence-electron chi connectivity index (χ1n) is 6.16. The van der Waals surface area contributed by atoms with Crippen molar-refractivity contribution in [2.45, 2.75) is 38.0 Å². The summed E-state index contributed by atoms with van der Waals surface area (Å²) in [7, 11) is 4.05. The minimum Gasteiger partial charge on any atom is -0.380 e. The summed E-state index contributed by atoms with van der Waals surface area (Å²) in [5.41, 5.74) is 0. The van der Waals surface area contributed by atoms with Gasteiger partial charge in [0.05, 0.1) is 6.10 Å². The maximum absolute atomic E-state index is 5.37. The van der Waals surface area contributed by atoms with Crippen LogP contribution in [0.25, 0.3) is 0 Å². The number of thioether (sulfide) groups is 1. The monoisotopic (exact) mass is 246 g/mol. The molecule has 0 bridgehead atoms. The first-order valence-corrected chi connectivity index (χ1v) is 7.56. The molecule has 3 atom stereocenters. The maximum Gasteiger partial charge on any atom is 0.0711 e. The Labute approximate surface area is 104 Å². The Morgan fingerprint density at radius 2 is 2.31 bits per heavy atom. The minimum atomic E-state index is 0.416. The molecule has 0 aromatic heterocycles. The highest BCUT2D eigenvalue weighted by Crippen LogP contribution is 2.14. The van der Waals surface area contributed by atoms with E-state index in [1.807, 2.05) is 11.8 Å². The van der Waals surface area contributed by atoms with Gasteiger partial charge < -0.3 is 15.0 Å². The highest BCUT2D eigenvalue weighted by Gasteiger charge is 2.26. The van der Waals surface area contributed by atoms with Crippen LogP contribution in [0.5, 0.6) is 0 Å². The molecule has 0 amide bonds. The summed E-state index contributed by atoms with van der Waals surface area (Å²) in [6.07, 6.45) is 4.98. The molecule has 1 saturated heterocycles. The lowest BCUT2D eigenvalue weighted by atomic mass is 10.1. The van der Waals surface area contributed by atoms with E-state index < -0.39 is 0 Å². The number of nitrogens with one attached hydrogen (secondary N) is 1. The van der Waals surface area contributed by atoms with Gasteiger partial charge in [0.1, 0.15) is 0 Å². The van der Waals surface area contributed by atoms with Gasteiger partial charge in [-0.2, -0.15) is 11.8 Å². The Hall–Kier alpha value is 0.230. The van der Waals surface area contributed by atoms with Crippen molar-refractivity contribution in [3.05, 3.63) is 0 Å². The second kappa shape index (κ2) is 7.54. The van der Waals surface area contributed by atoms with Crippen LogP contribution in [0.4, 0.5) is 0 Å². The average Bonchev–Trinajstić information content (AvgIpc) is 2.73. The zero-order valence-corrected chi connectivity index (χ0v) is 11.8. The van der Waals surface area contributed by atoms with Crippen LogP contribution < -0.4 is 5.32 Å². The third-order valence-electron chi connectivity index (χ3n) is 3.48. The van der Waals surface area contributed by atoms with Crippen molar-refractivity contribution in [3.8, 4) is 0 Å². The Balaban J connectivity index is 2.30. The molecule has 1 rings (SSSR count). The third-order valence-corrected chi connectivity index (χ3v) is 4.20. The van der Waals surface area contributed by atoms with E-state index >= 15 is 0 Å². The van der Waals surface area contributed by atoms with Crippen molar-refractivity contribution in [3.63, 3.8) is 0 Å². The summed E-state index contributed by atoms with van der Waals surface area (Å²) in [5.74, 6) is 1.23. The summed E-state index contributed by atoms with van der Waals surface area (Å²) in [4.78, 5) is 2.49. The Kier molecular flexibility index (Phi) is 6.73. The molecule has 3 unspecified atom stereocenters. The molecule has 1 fully saturated rings. The van der Waals surface area contributed by atoms with E-state index in [-0.39, 0.29) is 0 Å². The van der Waals surface area contributed by atoms with Crippen LogP contribution in [0, 0.1) is 0 Å². The lowest BCUT2D eigenvalue weighted by molar-refractivity contribution is 0.115. The molecule has 1 N–H and O–H groups in total. The molecule has 4 heteroatoms. The molecule has 0 aromatic carbocycles. The number of hydrogen-bond donors (Lipinski definition) is 1. The largest absolute Gasteiger partial charge is 0.380 e. The SMILES string of the molecule is CCC(CSC)N(C)CC1CC(OC)CN1. The standard InChI is InChI=1S/C12H26N2OS/c1-5-11(9-16-4)14(2)8-10-6-12(15-3)7-13-10/h10-13H,5-9H2,1-4H3. The van der Waals surface area contributed by atoms with Crippen LogP contribution in [0.1, 0.15) is 19.8 Å². The summed E-state index contributed by atoms with van der Waals surface area (Å²) in [5, 5.41) is 3.54. The average molecular weight is 246 g/mol. The molecule has 0 aliphatic carbocycles. The van der Waals surface area contributed by atoms with Crippen LogP contribution in [-0.4, -0.2) is 62.3 Å². The lowest BCUT2D eigenvalue weighted by Crippen LogP contribution is -2.41. The van der Waals surface area contributed by atoms with Gasteiger partial charge in [-0.15, -0.1) is 0 Å². The fourth-order valence-corrected chi connectivity index (χ4v) is 3.22. The fourth-order valence-electron chi connectivity index (χ4n) is 2.35. The van der Waals surface area contributed by atoms with E-state index in [4.69, 9.17) is 4.74 Å². The fraction of sp³-hybridized carbons (Fsp3) is 1.00. The normalized spacial score (nSPS) is 27.6. The molecule has 0 radical (unpaired) electrons. The molecule has 3 nitrogen and oxygen atoms in total. The summed E-state index contributed by atoms with van der Waals surface area (Å²) < 4.78 is 5.37. The Morgan fingerprint density at radius 1 is 1.56 bits per heavy atom. The summed E-state index contributed by atoms with van der Waals surface area (Å²) in [6, 6.07) is 1.31. The molecule has 1 aliphatic heterocycles. The molecule has 1 aliphatic rings. The molecule has 96 valence electrons. The van der Waals surface area contributed by atoms with Crippen molar-refractivity contribution in [1.29, 1.82) is 0 Å². The third kappa shape index (κ3) is 4.24. The molecule has 0 saturated carbocycles. The molecular formula is C12H26N2OS. The number of likely N-dealkylation sites (N-methyl/N-ethyl adjacent to an activating group) is 1. The van der Waals surface area contributed by atoms with Crippen LogP contribution >= 0.6 is 11.8 Å². The van der Waals surface area contributed by atoms with Crippen LogP contribution in [0.15, 0.2) is 0 Å². The van der Waals surface area contributed by atoms with E-state index in [0.717, 1.165) is 19.5 Å². The highest BCUT2D eigenvalue weighted by molar-refractivity contribution is 7.98. The second-order valence-electron chi connectivity index (χ2n) is 4.66. The minimum absolute atomic E-state index is 0.416. The quantitative estimate of drug-likeness (QED) is 0.734. The topological polar surface area (TPSA) is 24.5 Å². The van der Waals surface area contributed by atoms with Crippen molar-refractivity contribution in [2.75, 3.05) is 39.3 Å². The summed E-state index contributed by atoms with van der Waals surface area (Å²) in [6.45, 7) is 4.42. The number of rotatable bonds is 7. The zero-order valence-electron chi connectivity index (χ0n) is 11.0. The van der Waals surface area contributed by atoms with Gasteiger partial charge in [0.15, 0.2) is 0 Å². The number of hydrogen-bond acceptors (Lipinski definition) is 4. The Morgan fingerprint density at radius 3 is 2.81 bits per heavy atom. The smallest absolute Gasteiger partial charge is 0.0711 e. The van der Waals surface area contributed by atoms with Crippen molar-refractivity contribution in [1.82, 2.24) is 10.2 Å². The van der Waals surface area contributed by atoms with E-state index in [2.05, 4.69) is 30.4 Å². The molecular weight excluding hydrogens is 220 g/mol. The van der Waals surface area contributed by atoms with Crippen LogP contribution in [0.3, 0.4) is 0 Å². The van der Waals surface area contributed by atoms with Gasteiger partial charge in [-0.05, 0) is 26.1 Å². The highest BCUT2D eigenvalue weighted by atomic mass is 32.2. The van der Waals surface area contributed by atoms with Gasteiger partial charge >= 0.3 is 0 Å². The number of methoxy groups -OCH3 is 1. The van der Waals surface area contributed by atoms with Crippen LogP contribution in [-0.2, 0) is 4.74 Å². The van der Waals surface area contributed by atoms with Crippen molar-refractivity contribution in [2.24, 2.45) is 0 Å². The van der Waals surface area contributed by atoms with E-state index in [9.17, 15) is 0 Å². The van der Waals surface area contributed by atoms with Gasteiger partial charge in [0.25, 0.3) is 0 Å². The second-order valence-corrected chi connectivity index (χ2v) is 5.57. The molecule has 0 spiro atoms. The van der Waals surface area contributed by atoms with Crippen LogP contribution in [0.2, 0.25) is 0 Å². The van der Waals surface area contributed by atoms with Gasteiger partial charge in [-0.3, -0.25) is 0 Å². The van der Waals surface area contributed by atoms with Gasteiger partial charge in [-0.1, -0.05) is 6.92 Å². The van der Waals surface area contributed by atoms with Crippen molar-refractivity contribution >= 4 is 11.8 Å². The lowest BCUT2D eigenvalue weighted by Gasteiger charge is -2.29. The van der Waals surface area contributed by atoms with Gasteiger partial charge in [-0.25, -0.2) is 0 Å². The number of ether oxygens (including phenoxy) is 1. The maximum atomic E-state index is 5.37. The van der Waals surface area contributed by atoms with E-state index in [0.29, 0.717) is 18.2 Å². The molecule has 0 aromatic rings. The number of nitrogens with zero attached hydrogens (tertiary/aromatic N) is 1. The van der Waals surface area contributed by atoms with Gasteiger partial charge in [0, 0.05) is 38.0 Å². The zero-order chi connectivity index (χ0) is 12.0. The Bertz CT molecular complexity index is 192. The first-order chi connectivity index (χ1) is 7.71.